The van der Waals surface area contributed by atoms with E-state index in [2.05, 4.69) is 0 Å². The summed E-state index contributed by atoms with van der Waals surface area (Å²) >= 11 is 0. The molecule has 0 aliphatic rings. The molecular formula is C13H18O4. The summed E-state index contributed by atoms with van der Waals surface area (Å²) in [6, 6.07) is 5.07. The van der Waals surface area contributed by atoms with Crippen molar-refractivity contribution in [3.63, 3.8) is 0 Å². The lowest BCUT2D eigenvalue weighted by molar-refractivity contribution is -0.137. The smallest absolute Gasteiger partial charge is 0.303 e. The fourth-order valence-electron chi connectivity index (χ4n) is 1.50. The summed E-state index contributed by atoms with van der Waals surface area (Å²) in [6.07, 6.45) is 2.09. The van der Waals surface area contributed by atoms with Gasteiger partial charge in [0, 0.05) is 6.42 Å². The summed E-state index contributed by atoms with van der Waals surface area (Å²) in [4.78, 5) is 10.4. The van der Waals surface area contributed by atoms with Crippen LogP contribution in [0.4, 0.5) is 0 Å². The van der Waals surface area contributed by atoms with Gasteiger partial charge in [-0.25, -0.2) is 0 Å². The second kappa shape index (κ2) is 6.78. The van der Waals surface area contributed by atoms with Crippen LogP contribution in [0.3, 0.4) is 0 Å². The Hall–Kier alpha value is -1.71. The van der Waals surface area contributed by atoms with E-state index in [9.17, 15) is 9.90 Å². The molecule has 0 saturated heterocycles. The van der Waals surface area contributed by atoms with Crippen LogP contribution in [0.15, 0.2) is 18.2 Å². The van der Waals surface area contributed by atoms with Crippen LogP contribution in [0.25, 0.3) is 0 Å². The Morgan fingerprint density at radius 1 is 1.41 bits per heavy atom. The average molecular weight is 238 g/mol. The highest BCUT2D eigenvalue weighted by Gasteiger charge is 2.05. The summed E-state index contributed by atoms with van der Waals surface area (Å²) in [5, 5.41) is 18.2. The molecule has 17 heavy (non-hydrogen) atoms. The first-order valence-electron chi connectivity index (χ1n) is 5.80. The second-order valence-electron chi connectivity index (χ2n) is 3.89. The van der Waals surface area contributed by atoms with Crippen molar-refractivity contribution in [2.24, 2.45) is 0 Å². The van der Waals surface area contributed by atoms with Crippen LogP contribution < -0.4 is 4.74 Å². The van der Waals surface area contributed by atoms with Gasteiger partial charge in [-0.15, -0.1) is 0 Å². The fourth-order valence-corrected chi connectivity index (χ4v) is 1.50. The SMILES string of the molecule is CCCOc1ccc(O)c(CCCC(=O)O)c1. The van der Waals surface area contributed by atoms with Gasteiger partial charge in [0.25, 0.3) is 0 Å². The highest BCUT2D eigenvalue weighted by Crippen LogP contribution is 2.24. The van der Waals surface area contributed by atoms with Gasteiger partial charge in [0.05, 0.1) is 6.61 Å². The van der Waals surface area contributed by atoms with Crippen molar-refractivity contribution in [2.75, 3.05) is 6.61 Å². The maximum atomic E-state index is 10.4. The summed E-state index contributed by atoms with van der Waals surface area (Å²) in [5.41, 5.74) is 0.736. The third kappa shape index (κ3) is 4.76. The number of hydrogen-bond donors (Lipinski definition) is 2. The van der Waals surface area contributed by atoms with Gasteiger partial charge in [-0.1, -0.05) is 6.92 Å². The zero-order chi connectivity index (χ0) is 12.7. The number of carbonyl (C=O) groups is 1. The number of benzene rings is 1. The highest BCUT2D eigenvalue weighted by molar-refractivity contribution is 5.66. The molecule has 0 heterocycles. The quantitative estimate of drug-likeness (QED) is 0.766. The van der Waals surface area contributed by atoms with Crippen molar-refractivity contribution in [1.29, 1.82) is 0 Å². The first-order valence-corrected chi connectivity index (χ1v) is 5.80. The number of rotatable bonds is 7. The predicted octanol–water partition coefficient (Wildman–Crippen LogP) is 2.59. The molecule has 94 valence electrons. The van der Waals surface area contributed by atoms with Crippen molar-refractivity contribution in [3.05, 3.63) is 23.8 Å². The number of aryl methyl sites for hydroxylation is 1. The third-order valence-corrected chi connectivity index (χ3v) is 2.36. The fraction of sp³-hybridized carbons (Fsp3) is 0.462. The maximum Gasteiger partial charge on any atom is 0.303 e. The maximum absolute atomic E-state index is 10.4. The van der Waals surface area contributed by atoms with Gasteiger partial charge >= 0.3 is 5.97 Å². The lowest BCUT2D eigenvalue weighted by atomic mass is 10.1. The first-order chi connectivity index (χ1) is 8.13. The number of phenolic OH excluding ortho intramolecular Hbond substituents is 1. The number of ether oxygens (including phenoxy) is 1. The van der Waals surface area contributed by atoms with E-state index < -0.39 is 5.97 Å². The molecule has 0 aliphatic carbocycles. The molecule has 0 unspecified atom stereocenters. The predicted molar refractivity (Wildman–Crippen MR) is 64.5 cm³/mol. The zero-order valence-electron chi connectivity index (χ0n) is 9.98. The molecule has 0 aliphatic heterocycles. The Kier molecular flexibility index (Phi) is 5.33. The highest BCUT2D eigenvalue weighted by atomic mass is 16.5. The van der Waals surface area contributed by atoms with Crippen molar-refractivity contribution in [1.82, 2.24) is 0 Å². The topological polar surface area (TPSA) is 66.8 Å². The standard InChI is InChI=1S/C13H18O4/c1-2-8-17-11-6-7-12(14)10(9-11)4-3-5-13(15)16/h6-7,9,14H,2-5,8H2,1H3,(H,15,16). The van der Waals surface area contributed by atoms with Crippen LogP contribution in [0.2, 0.25) is 0 Å². The Balaban J connectivity index is 2.59. The molecule has 4 heteroatoms. The van der Waals surface area contributed by atoms with Gasteiger partial charge in [-0.3, -0.25) is 4.79 Å². The normalized spacial score (nSPS) is 10.2. The zero-order valence-corrected chi connectivity index (χ0v) is 9.98. The van der Waals surface area contributed by atoms with Crippen molar-refractivity contribution in [2.45, 2.75) is 32.6 Å². The molecule has 0 radical (unpaired) electrons. The number of aliphatic carboxylic acids is 1. The molecular weight excluding hydrogens is 220 g/mol. The number of phenols is 1. The minimum atomic E-state index is -0.817. The molecule has 0 amide bonds. The van der Waals surface area contributed by atoms with Gasteiger partial charge in [0.15, 0.2) is 0 Å². The van der Waals surface area contributed by atoms with Gasteiger partial charge in [-0.05, 0) is 43.0 Å². The molecule has 2 N–H and O–H groups in total. The Morgan fingerprint density at radius 3 is 2.82 bits per heavy atom. The van der Waals surface area contributed by atoms with Gasteiger partial charge in [-0.2, -0.15) is 0 Å². The molecule has 0 fully saturated rings. The first kappa shape index (κ1) is 13.4. The molecule has 1 aromatic carbocycles. The number of aromatic hydroxyl groups is 1. The van der Waals surface area contributed by atoms with Crippen LogP contribution in [-0.4, -0.2) is 22.8 Å². The van der Waals surface area contributed by atoms with E-state index in [-0.39, 0.29) is 12.2 Å². The molecule has 0 aromatic heterocycles. The van der Waals surface area contributed by atoms with E-state index in [1.807, 2.05) is 6.92 Å². The summed E-state index contributed by atoms with van der Waals surface area (Å²) < 4.78 is 5.45. The summed E-state index contributed by atoms with van der Waals surface area (Å²) in [5.74, 6) is 0.0945. The molecule has 4 nitrogen and oxygen atoms in total. The molecule has 0 bridgehead atoms. The molecule has 1 aromatic rings. The van der Waals surface area contributed by atoms with Crippen molar-refractivity contribution in [3.8, 4) is 11.5 Å². The summed E-state index contributed by atoms with van der Waals surface area (Å²) in [7, 11) is 0. The Labute approximate surface area is 101 Å². The molecule has 0 saturated carbocycles. The van der Waals surface area contributed by atoms with Crippen LogP contribution >= 0.6 is 0 Å². The molecule has 0 atom stereocenters. The van der Waals surface area contributed by atoms with Crippen LogP contribution in [0.1, 0.15) is 31.7 Å². The van der Waals surface area contributed by atoms with E-state index in [1.54, 1.807) is 18.2 Å². The van der Waals surface area contributed by atoms with E-state index in [1.165, 1.54) is 0 Å². The minimum absolute atomic E-state index is 0.111. The minimum Gasteiger partial charge on any atom is -0.508 e. The van der Waals surface area contributed by atoms with E-state index in [0.29, 0.717) is 19.4 Å². The Bertz CT molecular complexity index is 374. The van der Waals surface area contributed by atoms with Crippen LogP contribution in [0.5, 0.6) is 11.5 Å². The number of carboxylic acid groups (broad SMARTS) is 1. The lowest BCUT2D eigenvalue weighted by Crippen LogP contribution is -1.98. The van der Waals surface area contributed by atoms with Gasteiger partial charge in [0.2, 0.25) is 0 Å². The van der Waals surface area contributed by atoms with Gasteiger partial charge < -0.3 is 14.9 Å². The van der Waals surface area contributed by atoms with Crippen molar-refractivity contribution >= 4 is 5.97 Å². The third-order valence-electron chi connectivity index (χ3n) is 2.36. The van der Waals surface area contributed by atoms with E-state index in [0.717, 1.165) is 17.7 Å². The van der Waals surface area contributed by atoms with E-state index in [4.69, 9.17) is 9.84 Å². The average Bonchev–Trinajstić information content (AvgIpc) is 2.29. The molecule has 1 rings (SSSR count). The van der Waals surface area contributed by atoms with Gasteiger partial charge in [0.1, 0.15) is 11.5 Å². The lowest BCUT2D eigenvalue weighted by Gasteiger charge is -2.08. The van der Waals surface area contributed by atoms with Crippen LogP contribution in [-0.2, 0) is 11.2 Å². The Morgan fingerprint density at radius 2 is 2.18 bits per heavy atom. The largest absolute Gasteiger partial charge is 0.508 e. The van der Waals surface area contributed by atoms with E-state index >= 15 is 0 Å². The monoisotopic (exact) mass is 238 g/mol. The molecule has 0 spiro atoms. The van der Waals surface area contributed by atoms with Crippen molar-refractivity contribution < 1.29 is 19.7 Å². The number of hydrogen-bond acceptors (Lipinski definition) is 3. The summed E-state index contributed by atoms with van der Waals surface area (Å²) in [6.45, 7) is 2.66. The number of carboxylic acids is 1. The van der Waals surface area contributed by atoms with Crippen LogP contribution in [0, 0.1) is 0 Å². The second-order valence-corrected chi connectivity index (χ2v) is 3.89.